The molecule has 1 rings (SSSR count). The zero-order valence-electron chi connectivity index (χ0n) is 16.4. The highest BCUT2D eigenvalue weighted by molar-refractivity contribution is 6.74. The highest BCUT2D eigenvalue weighted by Gasteiger charge is 2.38. The Balaban J connectivity index is 2.66. The normalized spacial score (nSPS) is 14.3. The van der Waals surface area contributed by atoms with Crippen LogP contribution >= 0.6 is 0 Å². The van der Waals surface area contributed by atoms with E-state index in [1.54, 1.807) is 24.3 Å². The van der Waals surface area contributed by atoms with Crippen molar-refractivity contribution in [3.8, 4) is 5.75 Å². The molecule has 0 spiro atoms. The van der Waals surface area contributed by atoms with E-state index in [-0.39, 0.29) is 24.0 Å². The van der Waals surface area contributed by atoms with Gasteiger partial charge in [0.05, 0.1) is 12.1 Å². The van der Waals surface area contributed by atoms with Gasteiger partial charge in [0.15, 0.2) is 14.1 Å². The fourth-order valence-corrected chi connectivity index (χ4v) is 2.90. The summed E-state index contributed by atoms with van der Waals surface area (Å²) in [6.07, 6.45) is -0.997. The van der Waals surface area contributed by atoms with Crippen molar-refractivity contribution in [2.75, 3.05) is 13.2 Å². The number of carbonyl (C=O) groups excluding carboxylic acids is 1. The van der Waals surface area contributed by atoms with Crippen LogP contribution < -0.4 is 4.74 Å². The second kappa shape index (κ2) is 9.18. The fraction of sp³-hybridized carbons (Fsp3) is 0.611. The predicted octanol–water partition coefficient (Wildman–Crippen LogP) is 4.33. The molecular formula is C18H29N3O4Si. The summed E-state index contributed by atoms with van der Waals surface area (Å²) in [7, 11) is -2.01. The summed E-state index contributed by atoms with van der Waals surface area (Å²) in [5.41, 5.74) is 9.36. The van der Waals surface area contributed by atoms with E-state index in [0.717, 1.165) is 0 Å². The van der Waals surface area contributed by atoms with E-state index in [9.17, 15) is 9.90 Å². The maximum atomic E-state index is 11.3. The van der Waals surface area contributed by atoms with E-state index in [4.69, 9.17) is 14.7 Å². The van der Waals surface area contributed by atoms with Gasteiger partial charge in [0, 0.05) is 17.1 Å². The van der Waals surface area contributed by atoms with Crippen molar-refractivity contribution in [1.29, 1.82) is 0 Å². The second-order valence-corrected chi connectivity index (χ2v) is 12.6. The monoisotopic (exact) mass is 379 g/mol. The molecular weight excluding hydrogens is 350 g/mol. The minimum absolute atomic E-state index is 0.0216. The lowest BCUT2D eigenvalue weighted by molar-refractivity contribution is 0.0660. The maximum absolute atomic E-state index is 11.3. The predicted molar refractivity (Wildman–Crippen MR) is 104 cm³/mol. The van der Waals surface area contributed by atoms with Crippen LogP contribution in [-0.4, -0.2) is 44.6 Å². The number of nitrogens with zero attached hydrogens (tertiary/aromatic N) is 3. The molecule has 144 valence electrons. The standard InChI is InChI=1S/C18H29N3O4Si/c1-13(22)14-7-9-15(10-8-14)24-12-17(23)16(20-21-19)11-25-26(5,6)18(2,3)4/h7-10,16-17,23H,11-12H2,1-6H3. The first-order chi connectivity index (χ1) is 12.0. The Labute approximate surface area is 156 Å². The fourth-order valence-electron chi connectivity index (χ4n) is 1.88. The molecule has 0 saturated carbocycles. The summed E-state index contributed by atoms with van der Waals surface area (Å²) in [6, 6.07) is 5.92. The van der Waals surface area contributed by atoms with E-state index >= 15 is 0 Å². The first-order valence-electron chi connectivity index (χ1n) is 8.58. The molecule has 0 amide bonds. The molecule has 0 aliphatic rings. The van der Waals surface area contributed by atoms with Crippen molar-refractivity contribution in [2.24, 2.45) is 5.11 Å². The molecule has 0 saturated heterocycles. The van der Waals surface area contributed by atoms with Gasteiger partial charge in [0.2, 0.25) is 0 Å². The van der Waals surface area contributed by atoms with E-state index in [0.29, 0.717) is 11.3 Å². The van der Waals surface area contributed by atoms with E-state index < -0.39 is 20.5 Å². The number of aliphatic hydroxyl groups is 1. The summed E-state index contributed by atoms with van der Waals surface area (Å²) in [6.45, 7) is 12.1. The number of hydrogen-bond donors (Lipinski definition) is 1. The molecule has 0 aromatic heterocycles. The molecule has 0 aliphatic carbocycles. The summed E-state index contributed by atoms with van der Waals surface area (Å²) >= 11 is 0. The molecule has 8 heteroatoms. The number of rotatable bonds is 9. The lowest BCUT2D eigenvalue weighted by Gasteiger charge is -2.37. The van der Waals surface area contributed by atoms with Gasteiger partial charge in [-0.05, 0) is 54.9 Å². The minimum atomic E-state index is -2.01. The third-order valence-electron chi connectivity index (χ3n) is 4.75. The number of aliphatic hydroxyl groups excluding tert-OH is 1. The highest BCUT2D eigenvalue weighted by Crippen LogP contribution is 2.36. The largest absolute Gasteiger partial charge is 0.491 e. The summed E-state index contributed by atoms with van der Waals surface area (Å²) in [5, 5.41) is 14.0. The van der Waals surface area contributed by atoms with Crippen LogP contribution in [0.25, 0.3) is 10.4 Å². The van der Waals surface area contributed by atoms with Crippen LogP contribution in [0.15, 0.2) is 29.4 Å². The summed E-state index contributed by atoms with van der Waals surface area (Å²) < 4.78 is 11.6. The number of azide groups is 1. The Morgan fingerprint density at radius 3 is 2.31 bits per heavy atom. The average Bonchev–Trinajstić information content (AvgIpc) is 2.55. The molecule has 7 nitrogen and oxygen atoms in total. The van der Waals surface area contributed by atoms with Crippen molar-refractivity contribution in [3.05, 3.63) is 40.3 Å². The van der Waals surface area contributed by atoms with Crippen LogP contribution in [0.5, 0.6) is 5.75 Å². The van der Waals surface area contributed by atoms with Crippen LogP contribution in [0, 0.1) is 0 Å². The minimum Gasteiger partial charge on any atom is -0.491 e. The van der Waals surface area contributed by atoms with Crippen molar-refractivity contribution in [3.63, 3.8) is 0 Å². The van der Waals surface area contributed by atoms with Gasteiger partial charge in [0.1, 0.15) is 12.4 Å². The molecule has 0 fully saturated rings. The van der Waals surface area contributed by atoms with Gasteiger partial charge < -0.3 is 14.3 Å². The Kier molecular flexibility index (Phi) is 7.83. The molecule has 1 N–H and O–H groups in total. The van der Waals surface area contributed by atoms with Crippen LogP contribution in [0.1, 0.15) is 38.1 Å². The number of carbonyl (C=O) groups is 1. The molecule has 26 heavy (non-hydrogen) atoms. The van der Waals surface area contributed by atoms with Gasteiger partial charge in [0.25, 0.3) is 0 Å². The van der Waals surface area contributed by atoms with E-state index in [1.807, 2.05) is 0 Å². The molecule has 1 aromatic carbocycles. The molecule has 1 aromatic rings. The molecule has 0 radical (unpaired) electrons. The van der Waals surface area contributed by atoms with Gasteiger partial charge >= 0.3 is 0 Å². The number of benzene rings is 1. The number of ketones is 1. The van der Waals surface area contributed by atoms with E-state index in [2.05, 4.69) is 43.9 Å². The molecule has 0 bridgehead atoms. The van der Waals surface area contributed by atoms with E-state index in [1.165, 1.54) is 6.92 Å². The zero-order chi connectivity index (χ0) is 20.0. The molecule has 2 atom stereocenters. The van der Waals surface area contributed by atoms with Gasteiger partial charge in [-0.15, -0.1) is 0 Å². The SMILES string of the molecule is CC(=O)c1ccc(OCC(O)C(CO[Si](C)(C)C(C)(C)C)N=[N+]=[N-])cc1. The summed E-state index contributed by atoms with van der Waals surface area (Å²) in [5.74, 6) is 0.502. The van der Waals surface area contributed by atoms with Crippen molar-refractivity contribution in [1.82, 2.24) is 0 Å². The lowest BCUT2D eigenvalue weighted by Crippen LogP contribution is -2.44. The van der Waals surface area contributed by atoms with Crippen molar-refractivity contribution < 1.29 is 19.1 Å². The average molecular weight is 380 g/mol. The Morgan fingerprint density at radius 2 is 1.85 bits per heavy atom. The molecule has 0 heterocycles. The third-order valence-corrected chi connectivity index (χ3v) is 9.25. The Morgan fingerprint density at radius 1 is 1.27 bits per heavy atom. The zero-order valence-corrected chi connectivity index (χ0v) is 17.4. The first-order valence-corrected chi connectivity index (χ1v) is 11.5. The number of Topliss-reactive ketones (excluding diaryl/α,β-unsaturated/α-hetero) is 1. The number of hydrogen-bond acceptors (Lipinski definition) is 5. The summed E-state index contributed by atoms with van der Waals surface area (Å²) in [4.78, 5) is 14.1. The van der Waals surface area contributed by atoms with Gasteiger partial charge in [-0.2, -0.15) is 0 Å². The topological polar surface area (TPSA) is 105 Å². The second-order valence-electron chi connectivity index (χ2n) is 7.80. The first kappa shape index (κ1) is 22.2. The smallest absolute Gasteiger partial charge is 0.191 e. The van der Waals surface area contributed by atoms with Crippen molar-refractivity contribution in [2.45, 2.75) is 58.0 Å². The maximum Gasteiger partial charge on any atom is 0.191 e. The third kappa shape index (κ3) is 6.46. The highest BCUT2D eigenvalue weighted by atomic mass is 28.4. The van der Waals surface area contributed by atoms with Crippen molar-refractivity contribution >= 4 is 14.1 Å². The van der Waals surface area contributed by atoms with Crippen LogP contribution in [0.4, 0.5) is 0 Å². The van der Waals surface area contributed by atoms with Crippen LogP contribution in [-0.2, 0) is 4.43 Å². The van der Waals surface area contributed by atoms with Gasteiger partial charge in [-0.25, -0.2) is 0 Å². The Hall–Kier alpha value is -1.86. The molecule has 0 aliphatic heterocycles. The number of ether oxygens (including phenoxy) is 1. The lowest BCUT2D eigenvalue weighted by atomic mass is 10.1. The molecule has 2 unspecified atom stereocenters. The van der Waals surface area contributed by atoms with Crippen LogP contribution in [0.2, 0.25) is 18.1 Å². The quantitative estimate of drug-likeness (QED) is 0.227. The van der Waals surface area contributed by atoms with Gasteiger partial charge in [-0.1, -0.05) is 25.9 Å². The van der Waals surface area contributed by atoms with Crippen LogP contribution in [0.3, 0.4) is 0 Å². The Bertz CT molecular complexity index is 649. The van der Waals surface area contributed by atoms with Gasteiger partial charge in [-0.3, -0.25) is 4.79 Å².